The van der Waals surface area contributed by atoms with Crippen molar-refractivity contribution in [2.75, 3.05) is 19.6 Å². The molecular weight excluding hydrogens is 416 g/mol. The van der Waals surface area contributed by atoms with Gasteiger partial charge >= 0.3 is 0 Å². The van der Waals surface area contributed by atoms with Gasteiger partial charge in [0.1, 0.15) is 5.41 Å². The first-order valence-corrected chi connectivity index (χ1v) is 11.7. The number of likely N-dealkylation sites (tertiary alicyclic amines) is 1. The van der Waals surface area contributed by atoms with E-state index in [1.807, 2.05) is 54.6 Å². The summed E-state index contributed by atoms with van der Waals surface area (Å²) in [5, 5.41) is 11.1. The van der Waals surface area contributed by atoms with Crippen LogP contribution in [0, 0.1) is 11.3 Å². The largest absolute Gasteiger partial charge is 0.373 e. The van der Waals surface area contributed by atoms with Crippen LogP contribution >= 0.6 is 11.6 Å². The Morgan fingerprint density at radius 3 is 2.09 bits per heavy atom. The van der Waals surface area contributed by atoms with Crippen LogP contribution in [0.15, 0.2) is 84.9 Å². The van der Waals surface area contributed by atoms with E-state index >= 15 is 0 Å². The van der Waals surface area contributed by atoms with Crippen molar-refractivity contribution in [3.05, 3.63) is 107 Å². The van der Waals surface area contributed by atoms with Crippen molar-refractivity contribution in [2.45, 2.75) is 37.4 Å². The zero-order chi connectivity index (χ0) is 22.2. The first-order chi connectivity index (χ1) is 15.7. The summed E-state index contributed by atoms with van der Waals surface area (Å²) < 4.78 is 6.14. The molecule has 0 atom stereocenters. The average molecular weight is 445 g/mol. The van der Waals surface area contributed by atoms with Crippen molar-refractivity contribution in [1.82, 2.24) is 4.90 Å². The van der Waals surface area contributed by atoms with E-state index in [1.165, 1.54) is 0 Å². The molecule has 1 heterocycles. The summed E-state index contributed by atoms with van der Waals surface area (Å²) in [6, 6.07) is 30.9. The highest BCUT2D eigenvalue weighted by Crippen LogP contribution is 2.35. The fraction of sp³-hybridized carbons (Fsp3) is 0.321. The van der Waals surface area contributed by atoms with E-state index in [2.05, 4.69) is 41.3 Å². The molecular formula is C28H29ClN2O. The normalized spacial score (nSPS) is 15.4. The topological polar surface area (TPSA) is 36.3 Å². The standard InChI is InChI=1S/C28H29ClN2O/c29-26-13-7-8-23(20-26)21-32-27-14-17-31(18-15-27)19-16-28(22-30,24-9-3-1-4-10-24)25-11-5-2-6-12-25/h1-13,20,27H,14-19,21H2. The molecule has 0 bridgehead atoms. The number of benzene rings is 3. The molecule has 3 aromatic carbocycles. The van der Waals surface area contributed by atoms with Crippen LogP contribution in [-0.4, -0.2) is 30.6 Å². The van der Waals surface area contributed by atoms with E-state index in [4.69, 9.17) is 16.3 Å². The number of halogens is 1. The van der Waals surface area contributed by atoms with E-state index in [0.717, 1.165) is 60.6 Å². The van der Waals surface area contributed by atoms with E-state index < -0.39 is 5.41 Å². The molecule has 1 saturated heterocycles. The highest BCUT2D eigenvalue weighted by atomic mass is 35.5. The van der Waals surface area contributed by atoms with Gasteiger partial charge in [-0.1, -0.05) is 84.4 Å². The highest BCUT2D eigenvalue weighted by Gasteiger charge is 2.35. The molecule has 0 saturated carbocycles. The van der Waals surface area contributed by atoms with Crippen molar-refractivity contribution in [3.63, 3.8) is 0 Å². The number of hydrogen-bond acceptors (Lipinski definition) is 3. The summed E-state index contributed by atoms with van der Waals surface area (Å²) in [6.07, 6.45) is 3.06. The molecule has 1 aliphatic rings. The van der Waals surface area contributed by atoms with Crippen molar-refractivity contribution in [3.8, 4) is 6.07 Å². The van der Waals surface area contributed by atoms with Gasteiger partial charge in [0.25, 0.3) is 0 Å². The molecule has 0 radical (unpaired) electrons. The minimum atomic E-state index is -0.636. The lowest BCUT2D eigenvalue weighted by Gasteiger charge is -2.35. The van der Waals surface area contributed by atoms with Gasteiger partial charge in [0.05, 0.1) is 18.8 Å². The van der Waals surface area contributed by atoms with Gasteiger partial charge in [-0.3, -0.25) is 0 Å². The van der Waals surface area contributed by atoms with Crippen LogP contribution in [-0.2, 0) is 16.8 Å². The predicted molar refractivity (Wildman–Crippen MR) is 130 cm³/mol. The summed E-state index contributed by atoms with van der Waals surface area (Å²) in [6.45, 7) is 3.47. The van der Waals surface area contributed by atoms with E-state index in [-0.39, 0.29) is 6.10 Å². The Morgan fingerprint density at radius 1 is 0.906 bits per heavy atom. The zero-order valence-electron chi connectivity index (χ0n) is 18.3. The quantitative estimate of drug-likeness (QED) is 0.413. The molecule has 3 nitrogen and oxygen atoms in total. The summed E-state index contributed by atoms with van der Waals surface area (Å²) in [5.74, 6) is 0. The third-order valence-electron chi connectivity index (χ3n) is 6.44. The molecule has 3 aromatic rings. The van der Waals surface area contributed by atoms with Gasteiger partial charge in [-0.25, -0.2) is 0 Å². The number of nitriles is 1. The Hall–Kier alpha value is -2.64. The van der Waals surface area contributed by atoms with E-state index in [0.29, 0.717) is 6.61 Å². The third-order valence-corrected chi connectivity index (χ3v) is 6.67. The maximum absolute atomic E-state index is 10.4. The monoisotopic (exact) mass is 444 g/mol. The van der Waals surface area contributed by atoms with Gasteiger partial charge in [0.15, 0.2) is 0 Å². The van der Waals surface area contributed by atoms with Crippen LogP contribution in [0.1, 0.15) is 36.0 Å². The fourth-order valence-corrected chi connectivity index (χ4v) is 4.76. The van der Waals surface area contributed by atoms with Gasteiger partial charge in [-0.05, 0) is 48.1 Å². The lowest BCUT2D eigenvalue weighted by atomic mass is 9.73. The first-order valence-electron chi connectivity index (χ1n) is 11.3. The van der Waals surface area contributed by atoms with Crippen molar-refractivity contribution in [1.29, 1.82) is 5.26 Å². The number of ether oxygens (including phenoxy) is 1. The van der Waals surface area contributed by atoms with Crippen molar-refractivity contribution >= 4 is 11.6 Å². The molecule has 1 aliphatic heterocycles. The van der Waals surface area contributed by atoms with E-state index in [9.17, 15) is 5.26 Å². The summed E-state index contributed by atoms with van der Waals surface area (Å²) in [4.78, 5) is 2.47. The van der Waals surface area contributed by atoms with Crippen LogP contribution in [0.3, 0.4) is 0 Å². The Bertz CT molecular complexity index is 985. The summed E-state index contributed by atoms with van der Waals surface area (Å²) in [5.41, 5.74) is 2.61. The minimum Gasteiger partial charge on any atom is -0.373 e. The SMILES string of the molecule is N#CC(CCN1CCC(OCc2cccc(Cl)c2)CC1)(c1ccccc1)c1ccccc1. The molecule has 4 rings (SSSR count). The Kier molecular flexibility index (Phi) is 7.60. The maximum atomic E-state index is 10.4. The number of rotatable bonds is 8. The third kappa shape index (κ3) is 5.40. The van der Waals surface area contributed by atoms with Crippen LogP contribution < -0.4 is 0 Å². The minimum absolute atomic E-state index is 0.272. The fourth-order valence-electron chi connectivity index (χ4n) is 4.55. The molecule has 164 valence electrons. The van der Waals surface area contributed by atoms with Gasteiger partial charge in [0, 0.05) is 24.7 Å². The molecule has 0 aromatic heterocycles. The molecule has 32 heavy (non-hydrogen) atoms. The maximum Gasteiger partial charge on any atom is 0.108 e. The number of hydrogen-bond donors (Lipinski definition) is 0. The second kappa shape index (κ2) is 10.8. The highest BCUT2D eigenvalue weighted by molar-refractivity contribution is 6.30. The van der Waals surface area contributed by atoms with Crippen LogP contribution in [0.5, 0.6) is 0 Å². The molecule has 0 amide bonds. The van der Waals surface area contributed by atoms with Crippen LogP contribution in [0.25, 0.3) is 0 Å². The molecule has 0 unspecified atom stereocenters. The Labute approximate surface area is 196 Å². The van der Waals surface area contributed by atoms with Gasteiger partial charge < -0.3 is 9.64 Å². The van der Waals surface area contributed by atoms with Crippen molar-refractivity contribution in [2.24, 2.45) is 0 Å². The molecule has 0 aliphatic carbocycles. The van der Waals surface area contributed by atoms with Gasteiger partial charge in [0.2, 0.25) is 0 Å². The van der Waals surface area contributed by atoms with Crippen LogP contribution in [0.2, 0.25) is 5.02 Å². The van der Waals surface area contributed by atoms with E-state index in [1.54, 1.807) is 0 Å². The summed E-state index contributed by atoms with van der Waals surface area (Å²) >= 11 is 6.07. The van der Waals surface area contributed by atoms with Crippen LogP contribution in [0.4, 0.5) is 0 Å². The molecule has 1 fully saturated rings. The van der Waals surface area contributed by atoms with Gasteiger partial charge in [-0.2, -0.15) is 5.26 Å². The lowest BCUT2D eigenvalue weighted by Crippen LogP contribution is -2.40. The smallest absolute Gasteiger partial charge is 0.108 e. The van der Waals surface area contributed by atoms with Crippen molar-refractivity contribution < 1.29 is 4.74 Å². The lowest BCUT2D eigenvalue weighted by molar-refractivity contribution is -0.00300. The first kappa shape index (κ1) is 22.6. The summed E-state index contributed by atoms with van der Waals surface area (Å²) in [7, 11) is 0. The van der Waals surface area contributed by atoms with Gasteiger partial charge in [-0.15, -0.1) is 0 Å². The zero-order valence-corrected chi connectivity index (χ0v) is 19.0. The second-order valence-corrected chi connectivity index (χ2v) is 8.92. The molecule has 0 spiro atoms. The second-order valence-electron chi connectivity index (χ2n) is 8.48. The Morgan fingerprint density at radius 2 is 1.53 bits per heavy atom. The number of piperidine rings is 1. The molecule has 4 heteroatoms. The molecule has 0 N–H and O–H groups in total. The predicted octanol–water partition coefficient (Wildman–Crippen LogP) is 6.22. The number of nitrogens with zero attached hydrogens (tertiary/aromatic N) is 2. The Balaban J connectivity index is 1.36. The average Bonchev–Trinajstić information content (AvgIpc) is 2.85.